The molecular weight excluding hydrogens is 394 g/mol. The summed E-state index contributed by atoms with van der Waals surface area (Å²) < 4.78 is 10.4. The molecule has 1 aromatic carbocycles. The molecule has 2 unspecified atom stereocenters. The number of likely N-dealkylation sites (tertiary alicyclic amines) is 1. The molecule has 0 radical (unpaired) electrons. The highest BCUT2D eigenvalue weighted by molar-refractivity contribution is 5.94. The molecule has 31 heavy (non-hydrogen) atoms. The van der Waals surface area contributed by atoms with Gasteiger partial charge in [-0.05, 0) is 43.2 Å². The Hall–Kier alpha value is -2.89. The largest absolute Gasteiger partial charge is 0.500 e. The van der Waals surface area contributed by atoms with Crippen molar-refractivity contribution in [2.45, 2.75) is 38.7 Å². The van der Waals surface area contributed by atoms with Crippen molar-refractivity contribution in [3.63, 3.8) is 0 Å². The van der Waals surface area contributed by atoms with Gasteiger partial charge in [0.2, 0.25) is 5.91 Å². The van der Waals surface area contributed by atoms with Gasteiger partial charge in [-0.2, -0.15) is 0 Å². The number of rotatable bonds is 5. The third-order valence-electron chi connectivity index (χ3n) is 7.07. The Morgan fingerprint density at radius 3 is 2.84 bits per heavy atom. The lowest BCUT2D eigenvalue weighted by Gasteiger charge is -2.33. The second-order valence-electron chi connectivity index (χ2n) is 9.01. The van der Waals surface area contributed by atoms with Crippen molar-refractivity contribution in [2.75, 3.05) is 19.7 Å². The van der Waals surface area contributed by atoms with Crippen LogP contribution in [0.1, 0.15) is 47.2 Å². The number of carbonyl (C=O) groups is 3. The van der Waals surface area contributed by atoms with E-state index in [-0.39, 0.29) is 35.9 Å². The maximum atomic E-state index is 12.8. The predicted octanol–water partition coefficient (Wildman–Crippen LogP) is 3.20. The van der Waals surface area contributed by atoms with Crippen molar-refractivity contribution in [3.05, 3.63) is 58.9 Å². The van der Waals surface area contributed by atoms with Crippen LogP contribution in [0.4, 0.5) is 0 Å². The summed E-state index contributed by atoms with van der Waals surface area (Å²) in [6.07, 6.45) is 9.75. The lowest BCUT2D eigenvalue weighted by molar-refractivity contribution is -0.136. The summed E-state index contributed by atoms with van der Waals surface area (Å²) in [5.41, 5.74) is 3.84. The fourth-order valence-electron chi connectivity index (χ4n) is 5.07. The number of hydrogen-bond acceptors (Lipinski definition) is 5. The first-order chi connectivity index (χ1) is 15.1. The summed E-state index contributed by atoms with van der Waals surface area (Å²) in [4.78, 5) is 38.9. The maximum Gasteiger partial charge on any atom is 0.338 e. The fourth-order valence-corrected chi connectivity index (χ4v) is 5.07. The average molecular weight is 421 g/mol. The van der Waals surface area contributed by atoms with Crippen molar-refractivity contribution < 1.29 is 23.9 Å². The van der Waals surface area contributed by atoms with Gasteiger partial charge in [-0.3, -0.25) is 9.59 Å². The Kier molecular flexibility index (Phi) is 5.38. The molecule has 3 aliphatic heterocycles. The zero-order chi connectivity index (χ0) is 21.4. The van der Waals surface area contributed by atoms with Gasteiger partial charge in [0.15, 0.2) is 5.78 Å². The summed E-state index contributed by atoms with van der Waals surface area (Å²) in [6.45, 7) is 2.31. The van der Waals surface area contributed by atoms with Gasteiger partial charge in [-0.1, -0.05) is 24.3 Å². The first kappa shape index (κ1) is 20.0. The summed E-state index contributed by atoms with van der Waals surface area (Å²) in [5.74, 6) is 0.0291. The second kappa shape index (κ2) is 8.33. The van der Waals surface area contributed by atoms with E-state index in [1.807, 2.05) is 29.2 Å². The molecule has 4 aliphatic rings. The molecule has 3 heterocycles. The van der Waals surface area contributed by atoms with E-state index in [9.17, 15) is 14.4 Å². The van der Waals surface area contributed by atoms with Gasteiger partial charge >= 0.3 is 5.97 Å². The summed E-state index contributed by atoms with van der Waals surface area (Å²) in [5, 5.41) is 0. The molecule has 0 bridgehead atoms. The van der Waals surface area contributed by atoms with Crippen LogP contribution in [0.2, 0.25) is 0 Å². The molecule has 2 atom stereocenters. The Labute approximate surface area is 181 Å². The maximum absolute atomic E-state index is 12.8. The van der Waals surface area contributed by atoms with Crippen LogP contribution in [0.15, 0.2) is 42.2 Å². The van der Waals surface area contributed by atoms with Gasteiger partial charge < -0.3 is 14.4 Å². The van der Waals surface area contributed by atoms with E-state index in [4.69, 9.17) is 9.47 Å². The standard InChI is InChI=1S/C25H27NO5/c27-23(12-18-4-5-19-13-30-15-22(19)24(18)28)26-9-7-16(8-10-26)1-2-17-3-6-21-20(11-17)14-31-25(21)29/h3-6,11,13,16,18,22H,1-2,7-10,12,14-15H2. The smallest absolute Gasteiger partial charge is 0.338 e. The fraction of sp³-hybridized carbons (Fsp3) is 0.480. The molecule has 0 spiro atoms. The number of allylic oxidation sites excluding steroid dienone is 2. The molecule has 1 aliphatic carbocycles. The highest BCUT2D eigenvalue weighted by atomic mass is 16.5. The Bertz CT molecular complexity index is 970. The van der Waals surface area contributed by atoms with Gasteiger partial charge in [0.1, 0.15) is 13.2 Å². The van der Waals surface area contributed by atoms with Crippen LogP contribution >= 0.6 is 0 Å². The summed E-state index contributed by atoms with van der Waals surface area (Å²) in [7, 11) is 0. The van der Waals surface area contributed by atoms with E-state index in [1.54, 1.807) is 6.26 Å². The Morgan fingerprint density at radius 2 is 2.00 bits per heavy atom. The van der Waals surface area contributed by atoms with E-state index >= 15 is 0 Å². The lowest BCUT2D eigenvalue weighted by atomic mass is 9.81. The number of nitrogens with zero attached hydrogens (tertiary/aromatic N) is 1. The SMILES string of the molecule is O=C1OCc2cc(CCC3CCN(C(=O)CC4C=CC5=COCC5C4=O)CC3)ccc21. The Morgan fingerprint density at radius 1 is 1.16 bits per heavy atom. The zero-order valence-corrected chi connectivity index (χ0v) is 17.5. The highest BCUT2D eigenvalue weighted by Gasteiger charge is 2.36. The topological polar surface area (TPSA) is 72.9 Å². The minimum atomic E-state index is -0.329. The van der Waals surface area contributed by atoms with E-state index in [0.717, 1.165) is 49.9 Å². The quantitative estimate of drug-likeness (QED) is 0.683. The van der Waals surface area contributed by atoms with Crippen LogP contribution in [-0.4, -0.2) is 42.3 Å². The van der Waals surface area contributed by atoms with Gasteiger partial charge in [0.05, 0.1) is 17.7 Å². The molecule has 6 nitrogen and oxygen atoms in total. The molecule has 1 saturated heterocycles. The molecule has 6 heteroatoms. The number of fused-ring (bicyclic) bond motifs is 2. The van der Waals surface area contributed by atoms with Gasteiger partial charge in [0.25, 0.3) is 0 Å². The average Bonchev–Trinajstić information content (AvgIpc) is 3.42. The third kappa shape index (κ3) is 4.03. The lowest BCUT2D eigenvalue weighted by Crippen LogP contribution is -2.40. The van der Waals surface area contributed by atoms with E-state index in [2.05, 4.69) is 6.07 Å². The number of hydrogen-bond donors (Lipinski definition) is 0. The van der Waals surface area contributed by atoms with Crippen LogP contribution in [0.3, 0.4) is 0 Å². The molecular formula is C25H27NO5. The number of Topliss-reactive ketones (excluding diaryl/α,β-unsaturated/α-hetero) is 1. The van der Waals surface area contributed by atoms with Crippen LogP contribution in [0, 0.1) is 17.8 Å². The van der Waals surface area contributed by atoms with E-state index in [0.29, 0.717) is 24.7 Å². The molecule has 0 saturated carbocycles. The zero-order valence-electron chi connectivity index (χ0n) is 17.5. The first-order valence-electron chi connectivity index (χ1n) is 11.2. The number of ketones is 1. The normalized spacial score (nSPS) is 25.0. The van der Waals surface area contributed by atoms with Crippen molar-refractivity contribution in [1.29, 1.82) is 0 Å². The molecule has 162 valence electrons. The van der Waals surface area contributed by atoms with E-state index < -0.39 is 0 Å². The van der Waals surface area contributed by atoms with Crippen LogP contribution in [-0.2, 0) is 32.1 Å². The van der Waals surface area contributed by atoms with Crippen LogP contribution < -0.4 is 0 Å². The number of esters is 1. The molecule has 1 fully saturated rings. The number of piperidine rings is 1. The summed E-state index contributed by atoms with van der Waals surface area (Å²) >= 11 is 0. The summed E-state index contributed by atoms with van der Waals surface area (Å²) in [6, 6.07) is 5.98. The number of benzene rings is 1. The number of aryl methyl sites for hydroxylation is 1. The van der Waals surface area contributed by atoms with Crippen molar-refractivity contribution >= 4 is 17.7 Å². The monoisotopic (exact) mass is 421 g/mol. The highest BCUT2D eigenvalue weighted by Crippen LogP contribution is 2.32. The number of cyclic esters (lactones) is 1. The third-order valence-corrected chi connectivity index (χ3v) is 7.07. The molecule has 1 aromatic rings. The molecule has 5 rings (SSSR count). The second-order valence-corrected chi connectivity index (χ2v) is 9.01. The first-order valence-corrected chi connectivity index (χ1v) is 11.2. The molecule has 1 amide bonds. The van der Waals surface area contributed by atoms with Gasteiger partial charge in [-0.25, -0.2) is 4.79 Å². The number of amides is 1. The van der Waals surface area contributed by atoms with E-state index in [1.165, 1.54) is 5.56 Å². The van der Waals surface area contributed by atoms with Crippen LogP contribution in [0.5, 0.6) is 0 Å². The minimum absolute atomic E-state index is 0.0797. The minimum Gasteiger partial charge on any atom is -0.500 e. The number of carbonyl (C=O) groups excluding carboxylic acids is 3. The van der Waals surface area contributed by atoms with Gasteiger partial charge in [0, 0.05) is 36.6 Å². The van der Waals surface area contributed by atoms with Crippen LogP contribution in [0.25, 0.3) is 0 Å². The van der Waals surface area contributed by atoms with Gasteiger partial charge in [-0.15, -0.1) is 0 Å². The predicted molar refractivity (Wildman–Crippen MR) is 113 cm³/mol. The Balaban J connectivity index is 1.09. The van der Waals surface area contributed by atoms with Crippen molar-refractivity contribution in [2.24, 2.45) is 17.8 Å². The number of ether oxygens (including phenoxy) is 2. The molecule has 0 aromatic heterocycles. The van der Waals surface area contributed by atoms with Crippen molar-refractivity contribution in [3.8, 4) is 0 Å². The molecule has 0 N–H and O–H groups in total. The van der Waals surface area contributed by atoms with Crippen molar-refractivity contribution in [1.82, 2.24) is 4.90 Å².